The Balaban J connectivity index is 1.38. The van der Waals surface area contributed by atoms with Crippen molar-refractivity contribution in [3.8, 4) is 0 Å². The molecule has 0 bridgehead atoms. The average molecular weight is 425 g/mol. The first-order valence-electron chi connectivity index (χ1n) is 10.6. The van der Waals surface area contributed by atoms with Gasteiger partial charge >= 0.3 is 6.09 Å². The topological polar surface area (TPSA) is 98.8 Å². The van der Waals surface area contributed by atoms with Crippen LogP contribution in [-0.4, -0.2) is 60.7 Å². The Bertz CT molecular complexity index is 1090. The smallest absolute Gasteiger partial charge is 0.410 e. The van der Waals surface area contributed by atoms with Crippen molar-refractivity contribution in [1.82, 2.24) is 29.3 Å². The van der Waals surface area contributed by atoms with Gasteiger partial charge in [0.2, 0.25) is 0 Å². The van der Waals surface area contributed by atoms with Gasteiger partial charge < -0.3 is 19.7 Å². The fourth-order valence-electron chi connectivity index (χ4n) is 4.08. The summed E-state index contributed by atoms with van der Waals surface area (Å²) in [4.78, 5) is 18.6. The summed E-state index contributed by atoms with van der Waals surface area (Å²) < 4.78 is 14.8. The maximum absolute atomic E-state index is 12.5. The van der Waals surface area contributed by atoms with Crippen molar-refractivity contribution in [3.05, 3.63) is 35.9 Å². The molecule has 1 saturated heterocycles. The molecule has 0 unspecified atom stereocenters. The molecule has 2 aliphatic rings. The van der Waals surface area contributed by atoms with Crippen LogP contribution in [-0.2, 0) is 22.6 Å². The molecule has 1 fully saturated rings. The third-order valence-corrected chi connectivity index (χ3v) is 5.53. The molecule has 5 rings (SSSR count). The van der Waals surface area contributed by atoms with Crippen LogP contribution in [0.3, 0.4) is 0 Å². The van der Waals surface area contributed by atoms with E-state index in [-0.39, 0.29) is 12.0 Å². The van der Waals surface area contributed by atoms with E-state index in [2.05, 4.69) is 26.6 Å². The summed E-state index contributed by atoms with van der Waals surface area (Å²) in [5.41, 5.74) is 3.21. The number of hydrogen-bond donors (Lipinski definition) is 1. The molecule has 2 aliphatic heterocycles. The van der Waals surface area contributed by atoms with Crippen molar-refractivity contribution in [2.75, 3.05) is 25.0 Å². The lowest BCUT2D eigenvalue weighted by molar-refractivity contribution is 0.0292. The van der Waals surface area contributed by atoms with Crippen molar-refractivity contribution in [2.24, 2.45) is 0 Å². The van der Waals surface area contributed by atoms with Crippen LogP contribution < -0.4 is 5.32 Å². The molecule has 1 amide bonds. The van der Waals surface area contributed by atoms with Gasteiger partial charge in [-0.1, -0.05) is 0 Å². The van der Waals surface area contributed by atoms with Gasteiger partial charge in [-0.2, -0.15) is 10.2 Å². The number of nitrogens with one attached hydrogen (secondary N) is 1. The molecule has 3 aromatic rings. The quantitative estimate of drug-likeness (QED) is 0.689. The monoisotopic (exact) mass is 425 g/mol. The molecule has 0 radical (unpaired) electrons. The highest BCUT2D eigenvalue weighted by molar-refractivity contribution is 5.73. The minimum absolute atomic E-state index is 0.199. The molecule has 1 N–H and O–H groups in total. The Morgan fingerprint density at radius 1 is 1.29 bits per heavy atom. The van der Waals surface area contributed by atoms with Gasteiger partial charge in [0, 0.05) is 31.3 Å². The second-order valence-corrected chi connectivity index (χ2v) is 9.05. The normalized spacial score (nSPS) is 18.9. The summed E-state index contributed by atoms with van der Waals surface area (Å²) in [5.74, 6) is 0.953. The van der Waals surface area contributed by atoms with E-state index in [4.69, 9.17) is 9.47 Å². The van der Waals surface area contributed by atoms with Crippen molar-refractivity contribution in [2.45, 2.75) is 51.9 Å². The van der Waals surface area contributed by atoms with Crippen LogP contribution in [0.2, 0.25) is 0 Å². The Morgan fingerprint density at radius 2 is 2.16 bits per heavy atom. The number of pyridine rings is 1. The maximum atomic E-state index is 12.5. The summed E-state index contributed by atoms with van der Waals surface area (Å²) in [6.07, 6.45) is 4.14. The highest BCUT2D eigenvalue weighted by Gasteiger charge is 2.31. The first-order chi connectivity index (χ1) is 14.9. The van der Waals surface area contributed by atoms with Crippen LogP contribution >= 0.6 is 0 Å². The van der Waals surface area contributed by atoms with Crippen LogP contribution in [0.5, 0.6) is 0 Å². The fourth-order valence-corrected chi connectivity index (χ4v) is 4.08. The molecule has 0 aromatic carbocycles. The summed E-state index contributed by atoms with van der Waals surface area (Å²) in [7, 11) is 0. The predicted octanol–water partition coefficient (Wildman–Crippen LogP) is 2.92. The van der Waals surface area contributed by atoms with Gasteiger partial charge in [-0.05, 0) is 38.8 Å². The molecule has 1 atom stereocenters. The second-order valence-electron chi connectivity index (χ2n) is 9.05. The number of carbonyl (C=O) groups excluding carboxylic acids is 1. The molecular formula is C21H27N7O3. The van der Waals surface area contributed by atoms with Gasteiger partial charge in [0.1, 0.15) is 11.9 Å². The molecule has 10 nitrogen and oxygen atoms in total. The van der Waals surface area contributed by atoms with E-state index in [0.717, 1.165) is 41.4 Å². The second kappa shape index (κ2) is 7.52. The Kier molecular flexibility index (Phi) is 4.81. The van der Waals surface area contributed by atoms with E-state index in [0.29, 0.717) is 26.3 Å². The van der Waals surface area contributed by atoms with E-state index < -0.39 is 5.60 Å². The van der Waals surface area contributed by atoms with Crippen molar-refractivity contribution < 1.29 is 14.3 Å². The lowest BCUT2D eigenvalue weighted by atomic mass is 10.00. The van der Waals surface area contributed by atoms with Gasteiger partial charge in [0.05, 0.1) is 31.1 Å². The molecule has 3 aromatic heterocycles. The number of anilines is 2. The summed E-state index contributed by atoms with van der Waals surface area (Å²) in [5, 5.41) is 12.4. The number of carbonyl (C=O) groups is 1. The molecule has 164 valence electrons. The number of aromatic nitrogens is 5. The van der Waals surface area contributed by atoms with Gasteiger partial charge in [-0.25, -0.2) is 14.3 Å². The zero-order valence-electron chi connectivity index (χ0n) is 18.0. The van der Waals surface area contributed by atoms with E-state index in [1.807, 2.05) is 37.7 Å². The van der Waals surface area contributed by atoms with Crippen LogP contribution in [0, 0.1) is 0 Å². The van der Waals surface area contributed by atoms with E-state index in [1.54, 1.807) is 9.42 Å². The van der Waals surface area contributed by atoms with Crippen LogP contribution in [0.25, 0.3) is 5.65 Å². The van der Waals surface area contributed by atoms with Gasteiger partial charge in [-0.15, -0.1) is 0 Å². The van der Waals surface area contributed by atoms with E-state index in [1.165, 1.54) is 6.33 Å². The molecule has 10 heteroatoms. The van der Waals surface area contributed by atoms with Crippen molar-refractivity contribution in [3.63, 3.8) is 0 Å². The first kappa shape index (κ1) is 19.8. The lowest BCUT2D eigenvalue weighted by Crippen LogP contribution is -2.35. The predicted molar refractivity (Wildman–Crippen MR) is 113 cm³/mol. The van der Waals surface area contributed by atoms with Gasteiger partial charge in [0.25, 0.3) is 0 Å². The molecular weight excluding hydrogens is 398 g/mol. The van der Waals surface area contributed by atoms with Gasteiger partial charge in [-0.3, -0.25) is 4.68 Å². The zero-order valence-corrected chi connectivity index (χ0v) is 18.0. The standard InChI is InChI=1S/C21H27N7O3/c1-21(2,3)31-20(29)26-5-4-14(10-26)15-8-17(19-22-13-23-28(19)11-15)24-18-9-16-12-30-7-6-27(16)25-18/h8-9,11,13-14H,4-7,10,12H2,1-3H3,(H,24,25)/t14-/m1/s1. The van der Waals surface area contributed by atoms with Crippen molar-refractivity contribution in [1.29, 1.82) is 0 Å². The zero-order chi connectivity index (χ0) is 21.6. The summed E-state index contributed by atoms with van der Waals surface area (Å²) in [6.45, 7) is 8.93. The number of rotatable bonds is 3. The minimum Gasteiger partial charge on any atom is -0.444 e. The highest BCUT2D eigenvalue weighted by Crippen LogP contribution is 2.32. The van der Waals surface area contributed by atoms with Crippen molar-refractivity contribution >= 4 is 23.2 Å². The molecule has 0 spiro atoms. The number of ether oxygens (including phenoxy) is 2. The van der Waals surface area contributed by atoms with Crippen LogP contribution in [0.4, 0.5) is 16.3 Å². The first-order valence-corrected chi connectivity index (χ1v) is 10.6. The van der Waals surface area contributed by atoms with Crippen LogP contribution in [0.15, 0.2) is 24.7 Å². The highest BCUT2D eigenvalue weighted by atomic mass is 16.6. The van der Waals surface area contributed by atoms with E-state index >= 15 is 0 Å². The largest absolute Gasteiger partial charge is 0.444 e. The van der Waals surface area contributed by atoms with E-state index in [9.17, 15) is 4.79 Å². The Labute approximate surface area is 180 Å². The van der Waals surface area contributed by atoms with Gasteiger partial charge in [0.15, 0.2) is 11.5 Å². The summed E-state index contributed by atoms with van der Waals surface area (Å²) >= 11 is 0. The third kappa shape index (κ3) is 4.07. The number of nitrogens with zero attached hydrogens (tertiary/aromatic N) is 6. The lowest BCUT2D eigenvalue weighted by Gasteiger charge is -2.24. The maximum Gasteiger partial charge on any atom is 0.410 e. The molecule has 0 aliphatic carbocycles. The minimum atomic E-state index is -0.499. The number of amides is 1. The Hall–Kier alpha value is -3.14. The Morgan fingerprint density at radius 3 is 2.97 bits per heavy atom. The SMILES string of the molecule is CC(C)(C)OC(=O)N1CC[C@@H](c2cc(Nc3cc4n(n3)CCOC4)c3ncnn3c2)C1. The number of hydrogen-bond acceptors (Lipinski definition) is 7. The molecule has 31 heavy (non-hydrogen) atoms. The number of likely N-dealkylation sites (tertiary alicyclic amines) is 1. The third-order valence-electron chi connectivity index (χ3n) is 5.53. The van der Waals surface area contributed by atoms with Crippen LogP contribution in [0.1, 0.15) is 44.4 Å². The molecule has 0 saturated carbocycles. The molecule has 5 heterocycles. The summed E-state index contributed by atoms with van der Waals surface area (Å²) in [6, 6.07) is 4.08. The fraction of sp³-hybridized carbons (Fsp3) is 0.524. The average Bonchev–Trinajstić information content (AvgIpc) is 3.44. The number of fused-ring (bicyclic) bond motifs is 2.